The normalized spacial score (nSPS) is 12.0. The van der Waals surface area contributed by atoms with Crippen LogP contribution >= 0.6 is 11.6 Å². The van der Waals surface area contributed by atoms with Crippen molar-refractivity contribution in [1.82, 2.24) is 9.73 Å². The van der Waals surface area contributed by atoms with Gasteiger partial charge in [-0.1, -0.05) is 48.0 Å². The Kier molecular flexibility index (Phi) is 6.26. The molecule has 0 saturated heterocycles. The number of hydrogen-bond donors (Lipinski definition) is 1. The SMILES string of the molecule is CN(CC(=O)NN=Cc1c(F)cccc1Cl)S(=O)(=O)c1ccc2ccccc2c1. The minimum absolute atomic E-state index is 0.0200. The minimum atomic E-state index is -3.88. The van der Waals surface area contributed by atoms with E-state index in [9.17, 15) is 17.6 Å². The van der Waals surface area contributed by atoms with Crippen LogP contribution in [0.15, 0.2) is 70.7 Å². The highest BCUT2D eigenvalue weighted by Crippen LogP contribution is 2.21. The molecule has 0 radical (unpaired) electrons. The number of rotatable bonds is 6. The first kappa shape index (κ1) is 20.9. The molecule has 0 aliphatic rings. The first-order valence-corrected chi connectivity index (χ1v) is 10.3. The number of halogens is 2. The van der Waals surface area contributed by atoms with E-state index in [1.807, 2.05) is 24.3 Å². The lowest BCUT2D eigenvalue weighted by Crippen LogP contribution is -2.36. The van der Waals surface area contributed by atoms with Gasteiger partial charge in [-0.15, -0.1) is 0 Å². The van der Waals surface area contributed by atoms with Crippen LogP contribution in [0, 0.1) is 5.82 Å². The van der Waals surface area contributed by atoms with E-state index in [-0.39, 0.29) is 15.5 Å². The summed E-state index contributed by atoms with van der Waals surface area (Å²) in [7, 11) is -2.58. The Balaban J connectivity index is 1.68. The van der Waals surface area contributed by atoms with Crippen LogP contribution in [0.5, 0.6) is 0 Å². The molecule has 6 nitrogen and oxygen atoms in total. The van der Waals surface area contributed by atoms with Crippen LogP contribution in [0.2, 0.25) is 5.02 Å². The number of likely N-dealkylation sites (N-methyl/N-ethyl adjacent to an activating group) is 1. The van der Waals surface area contributed by atoms with Crippen LogP contribution in [0.1, 0.15) is 5.56 Å². The molecule has 0 saturated carbocycles. The van der Waals surface area contributed by atoms with Crippen molar-refractivity contribution in [2.45, 2.75) is 4.90 Å². The van der Waals surface area contributed by atoms with Crippen molar-refractivity contribution in [2.75, 3.05) is 13.6 Å². The van der Waals surface area contributed by atoms with Crippen LogP contribution in [-0.4, -0.2) is 38.4 Å². The average molecular weight is 434 g/mol. The summed E-state index contributed by atoms with van der Waals surface area (Å²) in [4.78, 5) is 12.1. The second-order valence-corrected chi connectivity index (χ2v) is 8.65. The molecule has 1 N–H and O–H groups in total. The van der Waals surface area contributed by atoms with Gasteiger partial charge in [-0.05, 0) is 35.0 Å². The van der Waals surface area contributed by atoms with Crippen LogP contribution < -0.4 is 5.43 Å². The Morgan fingerprint density at radius 3 is 2.59 bits per heavy atom. The summed E-state index contributed by atoms with van der Waals surface area (Å²) in [6, 6.07) is 16.3. The van der Waals surface area contributed by atoms with Gasteiger partial charge in [-0.3, -0.25) is 4.79 Å². The Hall–Kier alpha value is -2.81. The summed E-state index contributed by atoms with van der Waals surface area (Å²) in [5.41, 5.74) is 2.19. The first-order valence-electron chi connectivity index (χ1n) is 8.50. The molecule has 9 heteroatoms. The highest BCUT2D eigenvalue weighted by atomic mass is 35.5. The Morgan fingerprint density at radius 1 is 1.14 bits per heavy atom. The highest BCUT2D eigenvalue weighted by molar-refractivity contribution is 7.89. The van der Waals surface area contributed by atoms with Gasteiger partial charge in [-0.25, -0.2) is 18.2 Å². The number of hydrogen-bond acceptors (Lipinski definition) is 4. The molecule has 0 heterocycles. The van der Waals surface area contributed by atoms with Crippen LogP contribution in [0.3, 0.4) is 0 Å². The lowest BCUT2D eigenvalue weighted by molar-refractivity contribution is -0.121. The standard InChI is InChI=1S/C20H17ClFN3O3S/c1-25(13-20(26)24-23-12-17-18(21)7-4-8-19(17)22)29(27,28)16-10-9-14-5-2-3-6-15(14)11-16/h2-12H,13H2,1H3,(H,24,26). The summed E-state index contributed by atoms with van der Waals surface area (Å²) in [6.45, 7) is -0.461. The van der Waals surface area contributed by atoms with Gasteiger partial charge in [0.05, 0.1) is 22.7 Å². The maximum Gasteiger partial charge on any atom is 0.255 e. The van der Waals surface area contributed by atoms with Crippen molar-refractivity contribution in [1.29, 1.82) is 0 Å². The van der Waals surface area contributed by atoms with E-state index in [0.717, 1.165) is 21.3 Å². The number of fused-ring (bicyclic) bond motifs is 1. The van der Waals surface area contributed by atoms with E-state index in [4.69, 9.17) is 11.6 Å². The molecule has 3 rings (SSSR count). The number of carbonyl (C=O) groups is 1. The van der Waals surface area contributed by atoms with E-state index in [2.05, 4.69) is 10.5 Å². The minimum Gasteiger partial charge on any atom is -0.272 e. The van der Waals surface area contributed by atoms with Crippen molar-refractivity contribution in [2.24, 2.45) is 5.10 Å². The van der Waals surface area contributed by atoms with Gasteiger partial charge in [0, 0.05) is 12.6 Å². The molecule has 1 amide bonds. The van der Waals surface area contributed by atoms with E-state index in [0.29, 0.717) is 0 Å². The number of nitrogens with one attached hydrogen (secondary N) is 1. The Labute approximate surface area is 172 Å². The third-order valence-electron chi connectivity index (χ3n) is 4.18. The van der Waals surface area contributed by atoms with Gasteiger partial charge in [0.2, 0.25) is 10.0 Å². The monoisotopic (exact) mass is 433 g/mol. The summed E-state index contributed by atoms with van der Waals surface area (Å²) in [5.74, 6) is -1.27. The van der Waals surface area contributed by atoms with Gasteiger partial charge in [0.15, 0.2) is 0 Å². The number of amides is 1. The molecule has 0 atom stereocenters. The molecular formula is C20H17ClFN3O3S. The van der Waals surface area contributed by atoms with Crippen LogP contribution in [0.4, 0.5) is 4.39 Å². The molecule has 3 aromatic carbocycles. The molecule has 0 unspecified atom stereocenters. The summed E-state index contributed by atoms with van der Waals surface area (Å²) in [5, 5.41) is 5.47. The second kappa shape index (κ2) is 8.69. The van der Waals surface area contributed by atoms with Gasteiger partial charge in [0.1, 0.15) is 5.82 Å². The smallest absolute Gasteiger partial charge is 0.255 e. The summed E-state index contributed by atoms with van der Waals surface area (Å²) in [6.07, 6.45) is 1.06. The molecule has 3 aromatic rings. The zero-order valence-electron chi connectivity index (χ0n) is 15.3. The molecule has 0 aromatic heterocycles. The van der Waals surface area contributed by atoms with E-state index in [1.54, 1.807) is 12.1 Å². The number of nitrogens with zero attached hydrogens (tertiary/aromatic N) is 2. The zero-order chi connectivity index (χ0) is 21.0. The van der Waals surface area contributed by atoms with Gasteiger partial charge < -0.3 is 0 Å². The third-order valence-corrected chi connectivity index (χ3v) is 6.31. The van der Waals surface area contributed by atoms with Crippen molar-refractivity contribution in [3.8, 4) is 0 Å². The molecule has 0 aliphatic carbocycles. The lowest BCUT2D eigenvalue weighted by Gasteiger charge is -2.16. The fraction of sp³-hybridized carbons (Fsp3) is 0.100. The molecule has 0 aliphatic heterocycles. The molecule has 150 valence electrons. The maximum atomic E-state index is 13.7. The predicted octanol–water partition coefficient (Wildman–Crippen LogP) is 3.40. The molecule has 0 spiro atoms. The largest absolute Gasteiger partial charge is 0.272 e. The topological polar surface area (TPSA) is 78.8 Å². The fourth-order valence-electron chi connectivity index (χ4n) is 2.63. The predicted molar refractivity (Wildman–Crippen MR) is 111 cm³/mol. The molecular weight excluding hydrogens is 417 g/mol. The number of carbonyl (C=O) groups excluding carboxylic acids is 1. The average Bonchev–Trinajstić information content (AvgIpc) is 2.69. The van der Waals surface area contributed by atoms with Crippen molar-refractivity contribution in [3.05, 3.63) is 77.1 Å². The van der Waals surface area contributed by atoms with Crippen molar-refractivity contribution >= 4 is 44.5 Å². The molecule has 0 bridgehead atoms. The highest BCUT2D eigenvalue weighted by Gasteiger charge is 2.23. The van der Waals surface area contributed by atoms with Gasteiger partial charge >= 0.3 is 0 Å². The van der Waals surface area contributed by atoms with Crippen molar-refractivity contribution < 1.29 is 17.6 Å². The lowest BCUT2D eigenvalue weighted by atomic mass is 10.1. The quantitative estimate of drug-likeness (QED) is 0.478. The Morgan fingerprint density at radius 2 is 1.86 bits per heavy atom. The first-order chi connectivity index (χ1) is 13.8. The van der Waals surface area contributed by atoms with Gasteiger partial charge in [0.25, 0.3) is 5.91 Å². The summed E-state index contributed by atoms with van der Waals surface area (Å²) >= 11 is 5.87. The van der Waals surface area contributed by atoms with E-state index in [1.165, 1.54) is 31.3 Å². The number of sulfonamides is 1. The number of benzene rings is 3. The van der Waals surface area contributed by atoms with E-state index >= 15 is 0 Å². The number of hydrazone groups is 1. The zero-order valence-corrected chi connectivity index (χ0v) is 16.9. The van der Waals surface area contributed by atoms with Crippen molar-refractivity contribution in [3.63, 3.8) is 0 Å². The second-order valence-electron chi connectivity index (χ2n) is 6.20. The molecule has 29 heavy (non-hydrogen) atoms. The third kappa shape index (κ3) is 4.79. The van der Waals surface area contributed by atoms with E-state index < -0.39 is 28.3 Å². The van der Waals surface area contributed by atoms with Crippen LogP contribution in [0.25, 0.3) is 10.8 Å². The maximum absolute atomic E-state index is 13.7. The fourth-order valence-corrected chi connectivity index (χ4v) is 4.01. The van der Waals surface area contributed by atoms with Gasteiger partial charge in [-0.2, -0.15) is 9.41 Å². The Bertz CT molecular complexity index is 1180. The molecule has 0 fully saturated rings. The van der Waals surface area contributed by atoms with Crippen LogP contribution in [-0.2, 0) is 14.8 Å². The summed E-state index contributed by atoms with van der Waals surface area (Å²) < 4.78 is 40.1.